The normalized spacial score (nSPS) is 10.0. The number of anilines is 2. The van der Waals surface area contributed by atoms with Crippen LogP contribution in [-0.2, 0) is 16.1 Å². The van der Waals surface area contributed by atoms with Crippen LogP contribution in [0.1, 0.15) is 6.92 Å². The molecule has 7 heteroatoms. The van der Waals surface area contributed by atoms with Gasteiger partial charge in [-0.15, -0.1) is 0 Å². The Kier molecular flexibility index (Phi) is 5.14. The Bertz CT molecular complexity index is 717. The first-order valence-electron chi connectivity index (χ1n) is 6.92. The molecule has 3 N–H and O–H groups in total. The quantitative estimate of drug-likeness (QED) is 0.572. The molecule has 0 aliphatic carbocycles. The van der Waals surface area contributed by atoms with Crippen molar-refractivity contribution in [2.24, 2.45) is 0 Å². The van der Waals surface area contributed by atoms with Gasteiger partial charge < -0.3 is 20.5 Å². The second-order valence-corrected chi connectivity index (χ2v) is 4.85. The number of aromatic nitrogens is 1. The first-order valence-corrected chi connectivity index (χ1v) is 6.92. The van der Waals surface area contributed by atoms with Crippen LogP contribution in [0.5, 0.6) is 11.5 Å². The number of hydrogen-bond acceptors (Lipinski definition) is 4. The SMILES string of the molecule is COc1cc(NC(C)=O)c(O)cc1NC(=O)C[n+]1ccccc1. The second kappa shape index (κ2) is 7.26. The monoisotopic (exact) mass is 316 g/mol. The fourth-order valence-corrected chi connectivity index (χ4v) is 2.02. The number of pyridine rings is 1. The highest BCUT2D eigenvalue weighted by Gasteiger charge is 2.15. The molecular weight excluding hydrogens is 298 g/mol. The summed E-state index contributed by atoms with van der Waals surface area (Å²) in [7, 11) is 1.44. The zero-order chi connectivity index (χ0) is 16.8. The summed E-state index contributed by atoms with van der Waals surface area (Å²) < 4.78 is 6.91. The van der Waals surface area contributed by atoms with Crippen molar-refractivity contribution in [1.82, 2.24) is 0 Å². The summed E-state index contributed by atoms with van der Waals surface area (Å²) in [5.74, 6) is -0.424. The number of phenolic OH excluding ortho intramolecular Hbond substituents is 1. The summed E-state index contributed by atoms with van der Waals surface area (Å²) in [4.78, 5) is 23.2. The second-order valence-electron chi connectivity index (χ2n) is 4.85. The average molecular weight is 316 g/mol. The van der Waals surface area contributed by atoms with Crippen LogP contribution in [0, 0.1) is 0 Å². The largest absolute Gasteiger partial charge is 0.506 e. The van der Waals surface area contributed by atoms with Gasteiger partial charge in [-0.25, -0.2) is 0 Å². The van der Waals surface area contributed by atoms with Crippen molar-refractivity contribution in [3.63, 3.8) is 0 Å². The van der Waals surface area contributed by atoms with E-state index in [1.54, 1.807) is 17.0 Å². The van der Waals surface area contributed by atoms with Crippen LogP contribution in [0.15, 0.2) is 42.7 Å². The van der Waals surface area contributed by atoms with E-state index in [4.69, 9.17) is 4.74 Å². The molecule has 0 spiro atoms. The van der Waals surface area contributed by atoms with E-state index in [2.05, 4.69) is 10.6 Å². The molecule has 7 nitrogen and oxygen atoms in total. The van der Waals surface area contributed by atoms with Gasteiger partial charge in [0.05, 0.1) is 18.5 Å². The van der Waals surface area contributed by atoms with E-state index in [1.165, 1.54) is 26.2 Å². The average Bonchev–Trinajstić information content (AvgIpc) is 2.50. The fourth-order valence-electron chi connectivity index (χ4n) is 2.02. The summed E-state index contributed by atoms with van der Waals surface area (Å²) in [5, 5.41) is 15.1. The molecule has 2 amide bonds. The van der Waals surface area contributed by atoms with Crippen molar-refractivity contribution in [2.75, 3.05) is 17.7 Å². The minimum Gasteiger partial charge on any atom is -0.506 e. The number of phenols is 1. The molecule has 1 aromatic heterocycles. The third-order valence-corrected chi connectivity index (χ3v) is 3.01. The molecule has 0 fully saturated rings. The first kappa shape index (κ1) is 16.3. The highest BCUT2D eigenvalue weighted by atomic mass is 16.5. The highest BCUT2D eigenvalue weighted by Crippen LogP contribution is 2.35. The summed E-state index contributed by atoms with van der Waals surface area (Å²) >= 11 is 0. The van der Waals surface area contributed by atoms with Crippen molar-refractivity contribution in [3.8, 4) is 11.5 Å². The Morgan fingerprint density at radius 3 is 2.43 bits per heavy atom. The molecule has 1 heterocycles. The molecule has 120 valence electrons. The number of methoxy groups -OCH3 is 1. The lowest BCUT2D eigenvalue weighted by Gasteiger charge is -2.13. The Morgan fingerprint density at radius 1 is 1.13 bits per heavy atom. The number of nitrogens with zero attached hydrogens (tertiary/aromatic N) is 1. The number of aromatic hydroxyl groups is 1. The maximum Gasteiger partial charge on any atom is 0.290 e. The molecule has 0 saturated heterocycles. The topological polar surface area (TPSA) is 91.5 Å². The highest BCUT2D eigenvalue weighted by molar-refractivity contribution is 5.95. The summed E-state index contributed by atoms with van der Waals surface area (Å²) in [6.45, 7) is 1.46. The molecule has 1 aromatic carbocycles. The third kappa shape index (κ3) is 4.44. The van der Waals surface area contributed by atoms with Crippen molar-refractivity contribution >= 4 is 23.2 Å². The number of carbonyl (C=O) groups is 2. The predicted octanol–water partition coefficient (Wildman–Crippen LogP) is 1.29. The van der Waals surface area contributed by atoms with Gasteiger partial charge in [-0.2, -0.15) is 4.57 Å². The van der Waals surface area contributed by atoms with Crippen LogP contribution in [-0.4, -0.2) is 24.0 Å². The van der Waals surface area contributed by atoms with Crippen LogP contribution in [0.4, 0.5) is 11.4 Å². The molecular formula is C16H18N3O4+. The van der Waals surface area contributed by atoms with Gasteiger partial charge in [-0.1, -0.05) is 6.07 Å². The number of amides is 2. The standard InChI is InChI=1S/C16H17N3O4/c1-11(20)17-12-9-15(23-2)13(8-14(12)21)18-16(22)10-19-6-4-3-5-7-19/h3-9H,10H2,1-2H3,(H2-,17,18,20,21,22)/p+1. The molecule has 0 bridgehead atoms. The Labute approximate surface area is 133 Å². The molecule has 23 heavy (non-hydrogen) atoms. The maximum atomic E-state index is 12.1. The lowest BCUT2D eigenvalue weighted by atomic mass is 10.2. The molecule has 0 saturated carbocycles. The van der Waals surface area contributed by atoms with Gasteiger partial charge in [0.2, 0.25) is 12.5 Å². The lowest BCUT2D eigenvalue weighted by Crippen LogP contribution is -2.39. The van der Waals surface area contributed by atoms with E-state index in [9.17, 15) is 14.7 Å². The van der Waals surface area contributed by atoms with Gasteiger partial charge in [-0.3, -0.25) is 9.59 Å². The van der Waals surface area contributed by atoms with Gasteiger partial charge in [0, 0.05) is 31.2 Å². The maximum absolute atomic E-state index is 12.1. The molecule has 0 unspecified atom stereocenters. The minimum absolute atomic E-state index is 0.123. The molecule has 0 atom stereocenters. The van der Waals surface area contributed by atoms with Crippen LogP contribution in [0.25, 0.3) is 0 Å². The molecule has 0 radical (unpaired) electrons. The van der Waals surface area contributed by atoms with Crippen molar-refractivity contribution in [2.45, 2.75) is 13.5 Å². The predicted molar refractivity (Wildman–Crippen MR) is 84.2 cm³/mol. The van der Waals surface area contributed by atoms with E-state index in [1.807, 2.05) is 18.2 Å². The van der Waals surface area contributed by atoms with Crippen molar-refractivity contribution in [3.05, 3.63) is 42.7 Å². The Hall–Kier alpha value is -3.09. The number of benzene rings is 1. The molecule has 2 rings (SSSR count). The summed E-state index contributed by atoms with van der Waals surface area (Å²) in [5.41, 5.74) is 0.533. The van der Waals surface area contributed by atoms with E-state index in [0.29, 0.717) is 11.4 Å². The first-order chi connectivity index (χ1) is 11.0. The van der Waals surface area contributed by atoms with Crippen LogP contribution >= 0.6 is 0 Å². The molecule has 0 aliphatic heterocycles. The van der Waals surface area contributed by atoms with Gasteiger partial charge in [-0.05, 0) is 0 Å². The third-order valence-electron chi connectivity index (χ3n) is 3.01. The Morgan fingerprint density at radius 2 is 1.83 bits per heavy atom. The van der Waals surface area contributed by atoms with Gasteiger partial charge in [0.15, 0.2) is 12.4 Å². The van der Waals surface area contributed by atoms with Crippen molar-refractivity contribution < 1.29 is 24.0 Å². The summed E-state index contributed by atoms with van der Waals surface area (Å²) in [6.07, 6.45) is 3.54. The minimum atomic E-state index is -0.320. The Balaban J connectivity index is 2.17. The van der Waals surface area contributed by atoms with Crippen LogP contribution < -0.4 is 19.9 Å². The van der Waals surface area contributed by atoms with Gasteiger partial charge in [0.25, 0.3) is 5.91 Å². The zero-order valence-electron chi connectivity index (χ0n) is 12.9. The van der Waals surface area contributed by atoms with Crippen LogP contribution in [0.3, 0.4) is 0 Å². The van der Waals surface area contributed by atoms with Gasteiger partial charge >= 0.3 is 0 Å². The number of ether oxygens (including phenoxy) is 1. The smallest absolute Gasteiger partial charge is 0.290 e. The van der Waals surface area contributed by atoms with E-state index < -0.39 is 0 Å². The lowest BCUT2D eigenvalue weighted by molar-refractivity contribution is -0.684. The van der Waals surface area contributed by atoms with E-state index in [-0.39, 0.29) is 29.8 Å². The molecule has 0 aliphatic rings. The molecule has 2 aromatic rings. The van der Waals surface area contributed by atoms with E-state index in [0.717, 1.165) is 0 Å². The zero-order valence-corrected chi connectivity index (χ0v) is 12.9. The number of hydrogen-bond donors (Lipinski definition) is 3. The number of carbonyl (C=O) groups excluding carboxylic acids is 2. The number of rotatable bonds is 5. The fraction of sp³-hybridized carbons (Fsp3) is 0.188. The van der Waals surface area contributed by atoms with Crippen LogP contribution in [0.2, 0.25) is 0 Å². The van der Waals surface area contributed by atoms with Crippen molar-refractivity contribution in [1.29, 1.82) is 0 Å². The van der Waals surface area contributed by atoms with Gasteiger partial charge in [0.1, 0.15) is 11.5 Å². The summed E-state index contributed by atoms with van der Waals surface area (Å²) in [6, 6.07) is 8.28. The number of nitrogens with one attached hydrogen (secondary N) is 2. The van der Waals surface area contributed by atoms with E-state index >= 15 is 0 Å².